The Balaban J connectivity index is 2.19. The number of methoxy groups -OCH3 is 1. The largest absolute Gasteiger partial charge is 0.481 e. The maximum Gasteiger partial charge on any atom is 0.311 e. The number of hydrogen-bond acceptors (Lipinski definition) is 5. The first kappa shape index (κ1) is 12.6. The maximum absolute atomic E-state index is 10.9. The minimum atomic E-state index is -0.428. The first-order valence-corrected chi connectivity index (χ1v) is 6.07. The van der Waals surface area contributed by atoms with Gasteiger partial charge in [-0.25, -0.2) is 0 Å². The van der Waals surface area contributed by atoms with E-state index < -0.39 is 4.92 Å². The highest BCUT2D eigenvalue weighted by Gasteiger charge is 2.26. The summed E-state index contributed by atoms with van der Waals surface area (Å²) >= 11 is 0. The lowest BCUT2D eigenvalue weighted by Crippen LogP contribution is -2.31. The highest BCUT2D eigenvalue weighted by atomic mass is 16.6. The van der Waals surface area contributed by atoms with Gasteiger partial charge in [0.25, 0.3) is 0 Å². The number of nitrogens with zero attached hydrogens (tertiary/aromatic N) is 2. The van der Waals surface area contributed by atoms with Gasteiger partial charge in [0.2, 0.25) is 11.7 Å². The third-order valence-corrected chi connectivity index (χ3v) is 3.48. The van der Waals surface area contributed by atoms with E-state index in [1.807, 2.05) is 6.92 Å². The maximum atomic E-state index is 10.9. The summed E-state index contributed by atoms with van der Waals surface area (Å²) in [6, 6.07) is 3.11. The molecule has 0 radical (unpaired) electrons. The second-order valence-corrected chi connectivity index (χ2v) is 4.60. The highest BCUT2D eigenvalue weighted by molar-refractivity contribution is 5.57. The molecule has 1 heterocycles. The van der Waals surface area contributed by atoms with Crippen molar-refractivity contribution in [1.82, 2.24) is 4.98 Å². The molecule has 1 aromatic rings. The molecule has 0 aliphatic heterocycles. The number of rotatable bonds is 5. The zero-order valence-electron chi connectivity index (χ0n) is 10.5. The summed E-state index contributed by atoms with van der Waals surface area (Å²) in [4.78, 5) is 14.6. The van der Waals surface area contributed by atoms with E-state index in [-0.39, 0.29) is 11.7 Å². The highest BCUT2D eigenvalue weighted by Crippen LogP contribution is 2.33. The van der Waals surface area contributed by atoms with Gasteiger partial charge in [-0.15, -0.1) is 0 Å². The third-order valence-electron chi connectivity index (χ3n) is 3.48. The van der Waals surface area contributed by atoms with Crippen LogP contribution in [0.2, 0.25) is 0 Å². The fraction of sp³-hybridized carbons (Fsp3) is 0.583. The molecule has 1 aliphatic carbocycles. The van der Waals surface area contributed by atoms with Crippen molar-refractivity contribution >= 4 is 11.5 Å². The molecule has 98 valence electrons. The average molecular weight is 251 g/mol. The number of aromatic nitrogens is 1. The van der Waals surface area contributed by atoms with Crippen LogP contribution < -0.4 is 10.1 Å². The minimum Gasteiger partial charge on any atom is -0.481 e. The Bertz CT molecular complexity index is 446. The smallest absolute Gasteiger partial charge is 0.311 e. The van der Waals surface area contributed by atoms with Crippen molar-refractivity contribution in [2.45, 2.75) is 32.2 Å². The molecule has 0 spiro atoms. The third kappa shape index (κ3) is 2.52. The van der Waals surface area contributed by atoms with Crippen LogP contribution >= 0.6 is 0 Å². The predicted octanol–water partition coefficient (Wildman–Crippen LogP) is 2.60. The van der Waals surface area contributed by atoms with Crippen molar-refractivity contribution in [3.63, 3.8) is 0 Å². The number of pyridine rings is 1. The Hall–Kier alpha value is -1.85. The van der Waals surface area contributed by atoms with Gasteiger partial charge in [0.15, 0.2) is 0 Å². The van der Waals surface area contributed by atoms with Gasteiger partial charge in [0, 0.05) is 18.2 Å². The Morgan fingerprint density at radius 1 is 1.56 bits per heavy atom. The first-order valence-electron chi connectivity index (χ1n) is 6.07. The van der Waals surface area contributed by atoms with Gasteiger partial charge in [-0.1, -0.05) is 6.42 Å². The standard InChI is InChI=1S/C12H17N3O3/c1-8(9-4-3-5-9)13-12-10(15(16)17)6-7-11(14-12)18-2/h6-9H,3-5H2,1-2H3,(H,13,14). The van der Waals surface area contributed by atoms with Crippen LogP contribution in [0.5, 0.6) is 5.88 Å². The molecule has 0 bridgehead atoms. The molecule has 1 unspecified atom stereocenters. The van der Waals surface area contributed by atoms with E-state index in [2.05, 4.69) is 10.3 Å². The average Bonchev–Trinajstić information content (AvgIpc) is 2.25. The van der Waals surface area contributed by atoms with Crippen molar-refractivity contribution in [2.75, 3.05) is 12.4 Å². The predicted molar refractivity (Wildman–Crippen MR) is 67.9 cm³/mol. The molecule has 1 atom stereocenters. The monoisotopic (exact) mass is 251 g/mol. The van der Waals surface area contributed by atoms with E-state index in [4.69, 9.17) is 4.74 Å². The van der Waals surface area contributed by atoms with E-state index in [9.17, 15) is 10.1 Å². The first-order chi connectivity index (χ1) is 8.61. The quantitative estimate of drug-likeness (QED) is 0.643. The minimum absolute atomic E-state index is 0.0121. The lowest BCUT2D eigenvalue weighted by molar-refractivity contribution is -0.384. The van der Waals surface area contributed by atoms with Crippen molar-refractivity contribution < 1.29 is 9.66 Å². The summed E-state index contributed by atoms with van der Waals surface area (Å²) in [5.41, 5.74) is -0.0121. The molecule has 1 fully saturated rings. The van der Waals surface area contributed by atoms with Crippen LogP contribution in [-0.4, -0.2) is 23.1 Å². The van der Waals surface area contributed by atoms with Crippen LogP contribution in [0.3, 0.4) is 0 Å². The van der Waals surface area contributed by atoms with Crippen molar-refractivity contribution in [3.05, 3.63) is 22.2 Å². The summed E-state index contributed by atoms with van der Waals surface area (Å²) in [5.74, 6) is 1.25. The number of hydrogen-bond donors (Lipinski definition) is 1. The number of nitro groups is 1. The summed E-state index contributed by atoms with van der Waals surface area (Å²) in [6.45, 7) is 2.04. The van der Waals surface area contributed by atoms with Gasteiger partial charge in [0.1, 0.15) is 0 Å². The van der Waals surface area contributed by atoms with Crippen LogP contribution in [0.15, 0.2) is 12.1 Å². The van der Waals surface area contributed by atoms with E-state index in [0.717, 1.165) is 0 Å². The zero-order valence-corrected chi connectivity index (χ0v) is 10.5. The summed E-state index contributed by atoms with van der Waals surface area (Å²) in [5, 5.41) is 14.1. The van der Waals surface area contributed by atoms with Crippen LogP contribution in [-0.2, 0) is 0 Å². The SMILES string of the molecule is COc1ccc([N+](=O)[O-])c(NC(C)C2CCC2)n1. The Morgan fingerprint density at radius 3 is 2.78 bits per heavy atom. The van der Waals surface area contributed by atoms with Crippen LogP contribution in [0.4, 0.5) is 11.5 Å². The lowest BCUT2D eigenvalue weighted by Gasteiger charge is -2.32. The van der Waals surface area contributed by atoms with Gasteiger partial charge in [-0.2, -0.15) is 4.98 Å². The second-order valence-electron chi connectivity index (χ2n) is 4.60. The van der Waals surface area contributed by atoms with E-state index in [0.29, 0.717) is 17.6 Å². The molecular formula is C12H17N3O3. The molecule has 1 aliphatic rings. The van der Waals surface area contributed by atoms with Gasteiger partial charge < -0.3 is 10.1 Å². The molecule has 0 saturated heterocycles. The molecule has 0 amide bonds. The van der Waals surface area contributed by atoms with E-state index >= 15 is 0 Å². The molecule has 6 nitrogen and oxygen atoms in total. The van der Waals surface area contributed by atoms with E-state index in [1.54, 1.807) is 0 Å². The summed E-state index contributed by atoms with van der Waals surface area (Å²) in [7, 11) is 1.49. The van der Waals surface area contributed by atoms with Crippen molar-refractivity contribution in [2.24, 2.45) is 5.92 Å². The van der Waals surface area contributed by atoms with Crippen LogP contribution in [0.1, 0.15) is 26.2 Å². The number of anilines is 1. The fourth-order valence-corrected chi connectivity index (χ4v) is 2.07. The normalized spacial score (nSPS) is 16.8. The van der Waals surface area contributed by atoms with E-state index in [1.165, 1.54) is 38.5 Å². The van der Waals surface area contributed by atoms with Gasteiger partial charge in [-0.05, 0) is 25.7 Å². The molecule has 1 saturated carbocycles. The number of nitrogens with one attached hydrogen (secondary N) is 1. The van der Waals surface area contributed by atoms with Gasteiger partial charge >= 0.3 is 5.69 Å². The van der Waals surface area contributed by atoms with Crippen LogP contribution in [0.25, 0.3) is 0 Å². The Morgan fingerprint density at radius 2 is 2.28 bits per heavy atom. The molecule has 1 N–H and O–H groups in total. The Kier molecular flexibility index (Phi) is 3.64. The second kappa shape index (κ2) is 5.20. The summed E-state index contributed by atoms with van der Waals surface area (Å²) in [6.07, 6.45) is 3.59. The van der Waals surface area contributed by atoms with Gasteiger partial charge in [-0.3, -0.25) is 10.1 Å². The molecule has 18 heavy (non-hydrogen) atoms. The number of ether oxygens (including phenoxy) is 1. The molecule has 0 aromatic carbocycles. The molecule has 6 heteroatoms. The zero-order chi connectivity index (χ0) is 13.1. The van der Waals surface area contributed by atoms with Crippen molar-refractivity contribution in [3.8, 4) is 5.88 Å². The Labute approximate surface area is 106 Å². The molecule has 2 rings (SSSR count). The molecular weight excluding hydrogens is 234 g/mol. The topological polar surface area (TPSA) is 77.3 Å². The molecule has 1 aromatic heterocycles. The van der Waals surface area contributed by atoms with Crippen LogP contribution in [0, 0.1) is 16.0 Å². The summed E-state index contributed by atoms with van der Waals surface area (Å²) < 4.78 is 5.00. The fourth-order valence-electron chi connectivity index (χ4n) is 2.07. The lowest BCUT2D eigenvalue weighted by atomic mass is 9.80. The van der Waals surface area contributed by atoms with Gasteiger partial charge in [0.05, 0.1) is 12.0 Å². The van der Waals surface area contributed by atoms with Crippen molar-refractivity contribution in [1.29, 1.82) is 0 Å².